The zero-order valence-corrected chi connectivity index (χ0v) is 10.5. The molecule has 18 heavy (non-hydrogen) atoms. The van der Waals surface area contributed by atoms with Crippen molar-refractivity contribution in [1.29, 1.82) is 0 Å². The van der Waals surface area contributed by atoms with Crippen LogP contribution in [0.15, 0.2) is 36.5 Å². The summed E-state index contributed by atoms with van der Waals surface area (Å²) in [4.78, 5) is 8.85. The molecule has 0 aliphatic heterocycles. The quantitative estimate of drug-likeness (QED) is 0.683. The number of hydrogen-bond donors (Lipinski definition) is 1. The molecule has 0 bridgehead atoms. The molecule has 0 aliphatic carbocycles. The molecule has 2 aromatic heterocycles. The van der Waals surface area contributed by atoms with Crippen molar-refractivity contribution in [2.45, 2.75) is 0 Å². The Kier molecular flexibility index (Phi) is 2.45. The average molecular weight is 259 g/mol. The number of aryl methyl sites for hydroxylation is 1. The lowest BCUT2D eigenvalue weighted by molar-refractivity contribution is 0.942. The van der Waals surface area contributed by atoms with Crippen LogP contribution in [0.25, 0.3) is 22.6 Å². The molecule has 4 nitrogen and oxygen atoms in total. The number of aromatic nitrogens is 3. The van der Waals surface area contributed by atoms with E-state index in [1.54, 1.807) is 12.3 Å². The lowest BCUT2D eigenvalue weighted by Gasteiger charge is -2.06. The molecule has 0 unspecified atom stereocenters. The molecule has 3 rings (SSSR count). The Balaban J connectivity index is 2.32. The Morgan fingerprint density at radius 1 is 1.22 bits per heavy atom. The number of rotatable bonds is 1. The fourth-order valence-electron chi connectivity index (χ4n) is 2.00. The molecular formula is C13H11ClN4. The summed E-state index contributed by atoms with van der Waals surface area (Å²) in [5.74, 6) is 0.767. The van der Waals surface area contributed by atoms with E-state index >= 15 is 0 Å². The first kappa shape index (κ1) is 11.0. The predicted octanol–water partition coefficient (Wildman–Crippen LogP) is 2.87. The summed E-state index contributed by atoms with van der Waals surface area (Å²) in [6.07, 6.45) is 1.75. The molecule has 5 heteroatoms. The molecule has 3 aromatic rings. The lowest BCUT2D eigenvalue weighted by atomic mass is 10.1. The predicted molar refractivity (Wildman–Crippen MR) is 73.4 cm³/mol. The van der Waals surface area contributed by atoms with Gasteiger partial charge in [0.2, 0.25) is 0 Å². The molecule has 0 spiro atoms. The number of nitrogens with zero attached hydrogens (tertiary/aromatic N) is 3. The Labute approximate surface area is 109 Å². The van der Waals surface area contributed by atoms with Crippen molar-refractivity contribution in [2.24, 2.45) is 7.05 Å². The summed E-state index contributed by atoms with van der Waals surface area (Å²) in [5, 5.41) is 0.535. The molecule has 0 aliphatic rings. The second kappa shape index (κ2) is 3.99. The van der Waals surface area contributed by atoms with Gasteiger partial charge in [0, 0.05) is 18.8 Å². The summed E-state index contributed by atoms with van der Waals surface area (Å²) in [5.41, 5.74) is 9.03. The van der Waals surface area contributed by atoms with Crippen molar-refractivity contribution in [2.75, 3.05) is 5.73 Å². The normalized spacial score (nSPS) is 11.0. The fourth-order valence-corrected chi connectivity index (χ4v) is 2.17. The van der Waals surface area contributed by atoms with E-state index in [0.717, 1.165) is 22.6 Å². The first-order valence-electron chi connectivity index (χ1n) is 5.50. The van der Waals surface area contributed by atoms with Crippen LogP contribution in [0.5, 0.6) is 0 Å². The van der Waals surface area contributed by atoms with Crippen LogP contribution in [0.3, 0.4) is 0 Å². The number of halogens is 1. The van der Waals surface area contributed by atoms with Crippen LogP contribution in [0.4, 0.5) is 5.69 Å². The summed E-state index contributed by atoms with van der Waals surface area (Å²) in [6, 6.07) is 9.32. The van der Waals surface area contributed by atoms with Gasteiger partial charge in [-0.15, -0.1) is 0 Å². The van der Waals surface area contributed by atoms with E-state index in [2.05, 4.69) is 9.97 Å². The highest BCUT2D eigenvalue weighted by molar-refractivity contribution is 6.33. The van der Waals surface area contributed by atoms with E-state index in [1.807, 2.05) is 35.9 Å². The molecular weight excluding hydrogens is 248 g/mol. The standard InChI is InChI=1S/C13H11ClN4/c1-18-12(8-4-2-5-9(14)11(8)15)17-10-6-3-7-16-13(10)18/h2-7H,15H2,1H3. The second-order valence-corrected chi connectivity index (χ2v) is 4.45. The topological polar surface area (TPSA) is 56.7 Å². The number of anilines is 1. The lowest BCUT2D eigenvalue weighted by Crippen LogP contribution is -1.97. The second-order valence-electron chi connectivity index (χ2n) is 4.04. The van der Waals surface area contributed by atoms with Crippen LogP contribution in [0.2, 0.25) is 5.02 Å². The summed E-state index contributed by atoms with van der Waals surface area (Å²) in [6.45, 7) is 0. The smallest absolute Gasteiger partial charge is 0.159 e. The van der Waals surface area contributed by atoms with E-state index in [9.17, 15) is 0 Å². The van der Waals surface area contributed by atoms with Crippen LogP contribution in [0, 0.1) is 0 Å². The van der Waals surface area contributed by atoms with Gasteiger partial charge in [-0.05, 0) is 24.3 Å². The molecule has 0 radical (unpaired) electrons. The third-order valence-electron chi connectivity index (χ3n) is 2.92. The van der Waals surface area contributed by atoms with Crippen LogP contribution in [-0.4, -0.2) is 14.5 Å². The zero-order chi connectivity index (χ0) is 12.7. The van der Waals surface area contributed by atoms with Gasteiger partial charge in [0.15, 0.2) is 5.65 Å². The maximum atomic E-state index is 6.04. The van der Waals surface area contributed by atoms with Crippen LogP contribution in [-0.2, 0) is 7.05 Å². The number of nitrogens with two attached hydrogens (primary N) is 1. The molecule has 0 fully saturated rings. The van der Waals surface area contributed by atoms with Gasteiger partial charge in [-0.1, -0.05) is 17.7 Å². The van der Waals surface area contributed by atoms with Crippen molar-refractivity contribution < 1.29 is 0 Å². The number of imidazole rings is 1. The highest BCUT2D eigenvalue weighted by Crippen LogP contribution is 2.31. The third-order valence-corrected chi connectivity index (χ3v) is 3.25. The number of para-hydroxylation sites is 1. The molecule has 2 N–H and O–H groups in total. The maximum absolute atomic E-state index is 6.04. The van der Waals surface area contributed by atoms with Gasteiger partial charge >= 0.3 is 0 Å². The van der Waals surface area contributed by atoms with Gasteiger partial charge in [-0.2, -0.15) is 0 Å². The first-order chi connectivity index (χ1) is 8.68. The van der Waals surface area contributed by atoms with Gasteiger partial charge in [0.05, 0.1) is 10.7 Å². The van der Waals surface area contributed by atoms with Gasteiger partial charge in [-0.3, -0.25) is 0 Å². The summed E-state index contributed by atoms with van der Waals surface area (Å²) in [7, 11) is 1.91. The molecule has 0 amide bonds. The van der Waals surface area contributed by atoms with Crippen molar-refractivity contribution in [3.05, 3.63) is 41.6 Å². The molecule has 90 valence electrons. The Hall–Kier alpha value is -2.07. The summed E-state index contributed by atoms with van der Waals surface area (Å²) >= 11 is 6.04. The van der Waals surface area contributed by atoms with Crippen molar-refractivity contribution >= 4 is 28.5 Å². The molecule has 0 saturated heterocycles. The highest BCUT2D eigenvalue weighted by Gasteiger charge is 2.13. The van der Waals surface area contributed by atoms with E-state index in [4.69, 9.17) is 17.3 Å². The fraction of sp³-hybridized carbons (Fsp3) is 0.0769. The Bertz CT molecular complexity index is 733. The van der Waals surface area contributed by atoms with E-state index in [0.29, 0.717) is 10.7 Å². The van der Waals surface area contributed by atoms with Gasteiger partial charge < -0.3 is 10.3 Å². The Morgan fingerprint density at radius 3 is 2.83 bits per heavy atom. The minimum atomic E-state index is 0.535. The average Bonchev–Trinajstić information content (AvgIpc) is 2.71. The third kappa shape index (κ3) is 1.54. The number of hydrogen-bond acceptors (Lipinski definition) is 3. The van der Waals surface area contributed by atoms with E-state index in [1.165, 1.54) is 0 Å². The monoisotopic (exact) mass is 258 g/mol. The van der Waals surface area contributed by atoms with Gasteiger partial charge in [0.25, 0.3) is 0 Å². The maximum Gasteiger partial charge on any atom is 0.159 e. The minimum Gasteiger partial charge on any atom is -0.397 e. The molecule has 0 atom stereocenters. The molecule has 0 saturated carbocycles. The highest BCUT2D eigenvalue weighted by atomic mass is 35.5. The van der Waals surface area contributed by atoms with Gasteiger partial charge in [-0.25, -0.2) is 9.97 Å². The van der Waals surface area contributed by atoms with Crippen molar-refractivity contribution in [3.8, 4) is 11.4 Å². The van der Waals surface area contributed by atoms with E-state index < -0.39 is 0 Å². The van der Waals surface area contributed by atoms with Crippen molar-refractivity contribution in [1.82, 2.24) is 14.5 Å². The van der Waals surface area contributed by atoms with Crippen LogP contribution < -0.4 is 5.73 Å². The summed E-state index contributed by atoms with van der Waals surface area (Å²) < 4.78 is 1.91. The number of fused-ring (bicyclic) bond motifs is 1. The van der Waals surface area contributed by atoms with Crippen LogP contribution >= 0.6 is 11.6 Å². The first-order valence-corrected chi connectivity index (χ1v) is 5.88. The number of pyridine rings is 1. The Morgan fingerprint density at radius 2 is 2.06 bits per heavy atom. The SMILES string of the molecule is Cn1c(-c2cccc(Cl)c2N)nc2cccnc21. The van der Waals surface area contributed by atoms with E-state index in [-0.39, 0.29) is 0 Å². The zero-order valence-electron chi connectivity index (χ0n) is 9.76. The minimum absolute atomic E-state index is 0.535. The van der Waals surface area contributed by atoms with Crippen LogP contribution in [0.1, 0.15) is 0 Å². The van der Waals surface area contributed by atoms with Gasteiger partial charge in [0.1, 0.15) is 11.3 Å². The number of benzene rings is 1. The molecule has 1 aromatic carbocycles. The largest absolute Gasteiger partial charge is 0.397 e. The van der Waals surface area contributed by atoms with Crippen molar-refractivity contribution in [3.63, 3.8) is 0 Å². The number of nitrogen functional groups attached to an aromatic ring is 1. The molecule has 2 heterocycles.